The summed E-state index contributed by atoms with van der Waals surface area (Å²) in [7, 11) is 0. The van der Waals surface area contributed by atoms with E-state index >= 15 is 0 Å². The van der Waals surface area contributed by atoms with Gasteiger partial charge in [-0.1, -0.05) is 32.0 Å². The largest absolute Gasteiger partial charge is 0.494 e. The molecule has 0 atom stereocenters. The number of amides is 1. The molecule has 2 aromatic rings. The molecule has 0 aliphatic carbocycles. The summed E-state index contributed by atoms with van der Waals surface area (Å²) in [6.07, 6.45) is 0.993. The van der Waals surface area contributed by atoms with E-state index in [1.807, 2.05) is 36.4 Å². The lowest BCUT2D eigenvalue weighted by Gasteiger charge is -2.10. The first-order valence-corrected chi connectivity index (χ1v) is 8.14. The third kappa shape index (κ3) is 4.88. The van der Waals surface area contributed by atoms with Gasteiger partial charge in [0.15, 0.2) is 0 Å². The molecular formula is C18H20BrNO2. The van der Waals surface area contributed by atoms with E-state index < -0.39 is 0 Å². The van der Waals surface area contributed by atoms with Crippen LogP contribution in [0.4, 0.5) is 5.69 Å². The van der Waals surface area contributed by atoms with Crippen molar-refractivity contribution in [3.05, 3.63) is 58.6 Å². The van der Waals surface area contributed by atoms with Crippen LogP contribution in [0.1, 0.15) is 30.6 Å². The van der Waals surface area contributed by atoms with Gasteiger partial charge in [0.25, 0.3) is 5.91 Å². The monoisotopic (exact) mass is 361 g/mol. The van der Waals surface area contributed by atoms with Crippen molar-refractivity contribution in [3.8, 4) is 5.75 Å². The zero-order valence-electron chi connectivity index (χ0n) is 12.8. The smallest absolute Gasteiger partial charge is 0.255 e. The molecule has 0 bridgehead atoms. The summed E-state index contributed by atoms with van der Waals surface area (Å²) in [6, 6.07) is 14.8. The minimum absolute atomic E-state index is 0.152. The number of anilines is 1. The first-order valence-electron chi connectivity index (χ1n) is 7.35. The van der Waals surface area contributed by atoms with Gasteiger partial charge in [-0.2, -0.15) is 0 Å². The fourth-order valence-corrected chi connectivity index (χ4v) is 2.28. The van der Waals surface area contributed by atoms with Crippen molar-refractivity contribution in [2.24, 2.45) is 5.92 Å². The Morgan fingerprint density at radius 1 is 1.18 bits per heavy atom. The van der Waals surface area contributed by atoms with Gasteiger partial charge in [-0.25, -0.2) is 0 Å². The van der Waals surface area contributed by atoms with Crippen molar-refractivity contribution < 1.29 is 9.53 Å². The van der Waals surface area contributed by atoms with Gasteiger partial charge in [-0.05, 0) is 58.6 Å². The van der Waals surface area contributed by atoms with Crippen LogP contribution in [0.2, 0.25) is 0 Å². The van der Waals surface area contributed by atoms with Crippen LogP contribution in [0.25, 0.3) is 0 Å². The molecule has 22 heavy (non-hydrogen) atoms. The van der Waals surface area contributed by atoms with Gasteiger partial charge in [0, 0.05) is 10.0 Å². The van der Waals surface area contributed by atoms with Gasteiger partial charge in [-0.3, -0.25) is 4.79 Å². The summed E-state index contributed by atoms with van der Waals surface area (Å²) >= 11 is 3.42. The fraction of sp³-hybridized carbons (Fsp3) is 0.278. The fourth-order valence-electron chi connectivity index (χ4n) is 1.90. The Balaban J connectivity index is 2.02. The molecule has 4 heteroatoms. The van der Waals surface area contributed by atoms with E-state index in [2.05, 4.69) is 35.1 Å². The van der Waals surface area contributed by atoms with E-state index in [9.17, 15) is 4.79 Å². The van der Waals surface area contributed by atoms with Crippen molar-refractivity contribution in [3.63, 3.8) is 0 Å². The van der Waals surface area contributed by atoms with Gasteiger partial charge in [-0.15, -0.1) is 0 Å². The van der Waals surface area contributed by atoms with Gasteiger partial charge < -0.3 is 10.1 Å². The van der Waals surface area contributed by atoms with Crippen LogP contribution < -0.4 is 10.1 Å². The summed E-state index contributed by atoms with van der Waals surface area (Å²) in [4.78, 5) is 12.3. The van der Waals surface area contributed by atoms with Crippen LogP contribution in [-0.2, 0) is 0 Å². The number of hydrogen-bond acceptors (Lipinski definition) is 2. The Morgan fingerprint density at radius 3 is 2.68 bits per heavy atom. The maximum Gasteiger partial charge on any atom is 0.255 e. The molecule has 0 saturated heterocycles. The summed E-state index contributed by atoms with van der Waals surface area (Å²) in [5, 5.41) is 2.89. The highest BCUT2D eigenvalue weighted by Crippen LogP contribution is 2.22. The molecule has 0 aliphatic heterocycles. The maximum absolute atomic E-state index is 12.3. The second-order valence-electron chi connectivity index (χ2n) is 5.49. The van der Waals surface area contributed by atoms with Crippen molar-refractivity contribution in [2.45, 2.75) is 20.3 Å². The standard InChI is InChI=1S/C18H20BrNO2/c1-13(2)10-11-22-15-7-5-6-14(12-15)18(21)20-17-9-4-3-8-16(17)19/h3-9,12-13H,10-11H2,1-2H3,(H,20,21). The highest BCUT2D eigenvalue weighted by molar-refractivity contribution is 9.10. The van der Waals surface area contributed by atoms with E-state index in [1.54, 1.807) is 12.1 Å². The lowest BCUT2D eigenvalue weighted by Crippen LogP contribution is -2.12. The minimum atomic E-state index is -0.152. The van der Waals surface area contributed by atoms with Gasteiger partial charge in [0.2, 0.25) is 0 Å². The van der Waals surface area contributed by atoms with E-state index in [-0.39, 0.29) is 5.91 Å². The number of carbonyl (C=O) groups is 1. The quantitative estimate of drug-likeness (QED) is 0.774. The molecule has 1 amide bonds. The number of benzene rings is 2. The number of para-hydroxylation sites is 1. The number of hydrogen-bond donors (Lipinski definition) is 1. The van der Waals surface area contributed by atoms with E-state index in [0.29, 0.717) is 18.1 Å². The lowest BCUT2D eigenvalue weighted by molar-refractivity contribution is 0.102. The minimum Gasteiger partial charge on any atom is -0.494 e. The Hall–Kier alpha value is -1.81. The zero-order chi connectivity index (χ0) is 15.9. The Kier molecular flexibility index (Phi) is 6.01. The Labute approximate surface area is 139 Å². The average molecular weight is 362 g/mol. The first kappa shape index (κ1) is 16.6. The number of halogens is 1. The van der Waals surface area contributed by atoms with Crippen molar-refractivity contribution >= 4 is 27.5 Å². The number of rotatable bonds is 6. The number of ether oxygens (including phenoxy) is 1. The molecule has 0 aliphatic rings. The van der Waals surface area contributed by atoms with Crippen LogP contribution >= 0.6 is 15.9 Å². The molecular weight excluding hydrogens is 342 g/mol. The predicted molar refractivity (Wildman–Crippen MR) is 93.5 cm³/mol. The van der Waals surface area contributed by atoms with Crippen LogP contribution in [0, 0.1) is 5.92 Å². The predicted octanol–water partition coefficient (Wildman–Crippen LogP) is 5.13. The van der Waals surface area contributed by atoms with Gasteiger partial charge in [0.05, 0.1) is 12.3 Å². The molecule has 116 valence electrons. The van der Waals surface area contributed by atoms with Crippen LogP contribution in [0.5, 0.6) is 5.75 Å². The van der Waals surface area contributed by atoms with Gasteiger partial charge in [0.1, 0.15) is 5.75 Å². The molecule has 0 spiro atoms. The third-order valence-electron chi connectivity index (χ3n) is 3.18. The molecule has 3 nitrogen and oxygen atoms in total. The lowest BCUT2D eigenvalue weighted by atomic mass is 10.1. The molecule has 0 aromatic heterocycles. The summed E-state index contributed by atoms with van der Waals surface area (Å²) in [6.45, 7) is 4.98. The van der Waals surface area contributed by atoms with E-state index in [4.69, 9.17) is 4.74 Å². The van der Waals surface area contributed by atoms with Crippen LogP contribution in [0.15, 0.2) is 53.0 Å². The normalized spacial score (nSPS) is 10.5. The summed E-state index contributed by atoms with van der Waals surface area (Å²) in [5.74, 6) is 1.17. The summed E-state index contributed by atoms with van der Waals surface area (Å²) in [5.41, 5.74) is 1.33. The Bertz CT molecular complexity index is 640. The highest BCUT2D eigenvalue weighted by Gasteiger charge is 2.09. The molecule has 0 radical (unpaired) electrons. The second-order valence-corrected chi connectivity index (χ2v) is 6.35. The maximum atomic E-state index is 12.3. The topological polar surface area (TPSA) is 38.3 Å². The van der Waals surface area contributed by atoms with Crippen molar-refractivity contribution in [2.75, 3.05) is 11.9 Å². The molecule has 0 unspecified atom stereocenters. The second kappa shape index (κ2) is 7.99. The van der Waals surface area contributed by atoms with E-state index in [1.165, 1.54) is 0 Å². The average Bonchev–Trinajstić information content (AvgIpc) is 2.49. The molecule has 0 saturated carbocycles. The van der Waals surface area contributed by atoms with Crippen LogP contribution in [0.3, 0.4) is 0 Å². The van der Waals surface area contributed by atoms with Crippen molar-refractivity contribution in [1.82, 2.24) is 0 Å². The Morgan fingerprint density at radius 2 is 1.95 bits per heavy atom. The molecule has 0 fully saturated rings. The molecule has 1 N–H and O–H groups in total. The van der Waals surface area contributed by atoms with E-state index in [0.717, 1.165) is 22.3 Å². The number of carbonyl (C=O) groups excluding carboxylic acids is 1. The van der Waals surface area contributed by atoms with Gasteiger partial charge >= 0.3 is 0 Å². The summed E-state index contributed by atoms with van der Waals surface area (Å²) < 4.78 is 6.55. The number of nitrogens with one attached hydrogen (secondary N) is 1. The van der Waals surface area contributed by atoms with Crippen LogP contribution in [-0.4, -0.2) is 12.5 Å². The molecule has 0 heterocycles. The van der Waals surface area contributed by atoms with Crippen molar-refractivity contribution in [1.29, 1.82) is 0 Å². The first-order chi connectivity index (χ1) is 10.6. The molecule has 2 rings (SSSR count). The SMILES string of the molecule is CC(C)CCOc1cccc(C(=O)Nc2ccccc2Br)c1. The molecule has 2 aromatic carbocycles. The zero-order valence-corrected chi connectivity index (χ0v) is 14.4. The highest BCUT2D eigenvalue weighted by atomic mass is 79.9. The third-order valence-corrected chi connectivity index (χ3v) is 3.87.